The highest BCUT2D eigenvalue weighted by Gasteiger charge is 2.21. The molecule has 0 radical (unpaired) electrons. The zero-order valence-electron chi connectivity index (χ0n) is 31.3. The number of hydrogen-bond donors (Lipinski definition) is 0. The van der Waals surface area contributed by atoms with Gasteiger partial charge < -0.3 is 4.42 Å². The van der Waals surface area contributed by atoms with Crippen molar-refractivity contribution in [1.29, 1.82) is 0 Å². The summed E-state index contributed by atoms with van der Waals surface area (Å²) in [6.45, 7) is 0. The number of rotatable bonds is 4. The molecule has 0 aliphatic heterocycles. The Kier molecular flexibility index (Phi) is 5.20. The highest BCUT2D eigenvalue weighted by atomic mass is 16.3. The Hall–Kier alpha value is -6.44. The molecule has 0 fully saturated rings. The Morgan fingerprint density at radius 1 is 0.327 bits per heavy atom. The standard InChI is InChI=1S/C48H30O/c1-3-15-31(16-4-1)33-29-30-44-48(42-23-11-12-28-43(42)49-44)47(33)37-27-14-24-34-35(37)25-13-26-36(34)46-40-21-9-7-19-38(40)45(32-17-5-2-6-18-32)39-20-8-10-22-41(39)46/h1-30H/i2D,5D,6D,17D,18D. The molecule has 9 aromatic carbocycles. The predicted octanol–water partition coefficient (Wildman–Crippen LogP) is 13.7. The fourth-order valence-corrected chi connectivity index (χ4v) is 7.76. The second-order valence-corrected chi connectivity index (χ2v) is 12.4. The van der Waals surface area contributed by atoms with Gasteiger partial charge in [-0.15, -0.1) is 0 Å². The van der Waals surface area contributed by atoms with Crippen LogP contribution in [0.3, 0.4) is 0 Å². The molecule has 1 nitrogen and oxygen atoms in total. The van der Waals surface area contributed by atoms with E-state index < -0.39 is 6.04 Å². The van der Waals surface area contributed by atoms with Crippen LogP contribution in [0, 0.1) is 0 Å². The summed E-state index contributed by atoms with van der Waals surface area (Å²) in [5, 5.41) is 7.81. The van der Waals surface area contributed by atoms with Crippen molar-refractivity contribution in [2.75, 3.05) is 0 Å². The number of furan rings is 1. The topological polar surface area (TPSA) is 13.1 Å². The summed E-state index contributed by atoms with van der Waals surface area (Å²) in [7, 11) is 0. The molecule has 1 heterocycles. The monoisotopic (exact) mass is 627 g/mol. The molecule has 0 aliphatic rings. The summed E-state index contributed by atoms with van der Waals surface area (Å²) in [6, 6.07) is 50.4. The molecule has 49 heavy (non-hydrogen) atoms. The van der Waals surface area contributed by atoms with E-state index in [1.54, 1.807) is 0 Å². The van der Waals surface area contributed by atoms with Crippen molar-refractivity contribution in [3.8, 4) is 44.5 Å². The van der Waals surface area contributed by atoms with Crippen LogP contribution in [-0.2, 0) is 0 Å². The minimum absolute atomic E-state index is 0.203. The van der Waals surface area contributed by atoms with Gasteiger partial charge in [0, 0.05) is 16.3 Å². The lowest BCUT2D eigenvalue weighted by Gasteiger charge is -2.20. The molecule has 0 aliphatic carbocycles. The van der Waals surface area contributed by atoms with Crippen LogP contribution >= 0.6 is 0 Å². The van der Waals surface area contributed by atoms with Crippen LogP contribution in [0.2, 0.25) is 0 Å². The summed E-state index contributed by atoms with van der Waals surface area (Å²) in [5.41, 5.74) is 9.02. The molecule has 1 aromatic heterocycles. The van der Waals surface area contributed by atoms with E-state index in [2.05, 4.69) is 97.1 Å². The van der Waals surface area contributed by atoms with Gasteiger partial charge in [0.15, 0.2) is 0 Å². The zero-order valence-corrected chi connectivity index (χ0v) is 26.3. The molecule has 10 rings (SSSR count). The van der Waals surface area contributed by atoms with Crippen molar-refractivity contribution in [2.45, 2.75) is 0 Å². The Morgan fingerprint density at radius 2 is 0.857 bits per heavy atom. The smallest absolute Gasteiger partial charge is 0.136 e. The van der Waals surface area contributed by atoms with E-state index in [1.165, 1.54) is 0 Å². The van der Waals surface area contributed by atoms with Crippen molar-refractivity contribution >= 4 is 54.3 Å². The summed E-state index contributed by atoms with van der Waals surface area (Å²) >= 11 is 0. The van der Waals surface area contributed by atoms with Gasteiger partial charge in [0.05, 0.1) is 6.85 Å². The SMILES string of the molecule is [2H]c1c([2H])c([2H])c(-c2c3ccccc3c(-c3cccc4c(-c5c(-c6ccccc6)ccc6oc7ccccc7c56)cccc34)c3ccccc23)c([2H])c1[2H]. The second kappa shape index (κ2) is 11.1. The maximum Gasteiger partial charge on any atom is 0.136 e. The lowest BCUT2D eigenvalue weighted by molar-refractivity contribution is 0.669. The van der Waals surface area contributed by atoms with Gasteiger partial charge in [0.1, 0.15) is 11.2 Å². The van der Waals surface area contributed by atoms with Crippen LogP contribution in [0.1, 0.15) is 6.85 Å². The fraction of sp³-hybridized carbons (Fsp3) is 0. The van der Waals surface area contributed by atoms with E-state index in [9.17, 15) is 0 Å². The first-order valence-electron chi connectivity index (χ1n) is 18.9. The second-order valence-electron chi connectivity index (χ2n) is 12.4. The van der Waals surface area contributed by atoms with Crippen molar-refractivity contribution in [2.24, 2.45) is 0 Å². The summed E-state index contributed by atoms with van der Waals surface area (Å²) in [4.78, 5) is 0. The number of fused-ring (bicyclic) bond motifs is 6. The highest BCUT2D eigenvalue weighted by Crippen LogP contribution is 2.48. The summed E-state index contributed by atoms with van der Waals surface area (Å²) < 4.78 is 49.6. The van der Waals surface area contributed by atoms with Crippen LogP contribution in [0.25, 0.3) is 98.8 Å². The molecule has 0 saturated carbocycles. The molecular formula is C48H30O. The first-order valence-corrected chi connectivity index (χ1v) is 16.4. The van der Waals surface area contributed by atoms with Gasteiger partial charge >= 0.3 is 0 Å². The predicted molar refractivity (Wildman–Crippen MR) is 208 cm³/mol. The third-order valence-electron chi connectivity index (χ3n) is 9.77. The average molecular weight is 628 g/mol. The molecule has 0 N–H and O–H groups in total. The van der Waals surface area contributed by atoms with Gasteiger partial charge in [-0.3, -0.25) is 0 Å². The normalized spacial score (nSPS) is 13.1. The maximum absolute atomic E-state index is 8.95. The number of benzene rings is 9. The molecular weight excluding hydrogens is 593 g/mol. The molecule has 10 aromatic rings. The lowest BCUT2D eigenvalue weighted by Crippen LogP contribution is -1.93. The van der Waals surface area contributed by atoms with Crippen molar-refractivity contribution < 1.29 is 11.3 Å². The Bertz CT molecular complexity index is 3080. The van der Waals surface area contributed by atoms with Crippen LogP contribution in [-0.4, -0.2) is 0 Å². The molecule has 228 valence electrons. The number of hydrogen-bond acceptors (Lipinski definition) is 1. The molecule has 0 spiro atoms. The summed E-state index contributed by atoms with van der Waals surface area (Å²) in [6.07, 6.45) is 0. The van der Waals surface area contributed by atoms with Crippen molar-refractivity contribution in [1.82, 2.24) is 0 Å². The van der Waals surface area contributed by atoms with Gasteiger partial charge in [-0.2, -0.15) is 0 Å². The van der Waals surface area contributed by atoms with Gasteiger partial charge in [0.2, 0.25) is 0 Å². The fourth-order valence-electron chi connectivity index (χ4n) is 7.76. The molecule has 0 unspecified atom stereocenters. The van der Waals surface area contributed by atoms with E-state index in [4.69, 9.17) is 11.3 Å². The maximum atomic E-state index is 8.95. The van der Waals surface area contributed by atoms with Crippen molar-refractivity contribution in [3.05, 3.63) is 182 Å². The molecule has 0 bridgehead atoms. The third-order valence-corrected chi connectivity index (χ3v) is 9.77. The molecule has 0 atom stereocenters. The molecule has 1 heteroatoms. The minimum Gasteiger partial charge on any atom is -0.456 e. The Balaban J connectivity index is 1.32. The highest BCUT2D eigenvalue weighted by molar-refractivity contribution is 6.25. The van der Waals surface area contributed by atoms with Gasteiger partial charge in [0.25, 0.3) is 0 Å². The van der Waals surface area contributed by atoms with Gasteiger partial charge in [-0.25, -0.2) is 0 Å². The molecule has 0 saturated heterocycles. The quantitative estimate of drug-likeness (QED) is 0.177. The van der Waals surface area contributed by atoms with E-state index >= 15 is 0 Å². The third kappa shape index (κ3) is 4.26. The van der Waals surface area contributed by atoms with Crippen LogP contribution in [0.15, 0.2) is 186 Å². The van der Waals surface area contributed by atoms with Crippen molar-refractivity contribution in [3.63, 3.8) is 0 Å². The van der Waals surface area contributed by atoms with Gasteiger partial charge in [-0.05, 0) is 83.4 Å². The molecule has 0 amide bonds. The number of para-hydroxylation sites is 1. The zero-order chi connectivity index (χ0) is 36.7. The first-order chi connectivity index (χ1) is 26.4. The van der Waals surface area contributed by atoms with E-state index in [0.717, 1.165) is 87.6 Å². The summed E-state index contributed by atoms with van der Waals surface area (Å²) in [5.74, 6) is 0. The Morgan fingerprint density at radius 3 is 1.51 bits per heavy atom. The van der Waals surface area contributed by atoms with Crippen LogP contribution in [0.4, 0.5) is 0 Å². The van der Waals surface area contributed by atoms with E-state index in [-0.39, 0.29) is 29.7 Å². The van der Waals surface area contributed by atoms with Crippen LogP contribution in [0.5, 0.6) is 0 Å². The van der Waals surface area contributed by atoms with Crippen LogP contribution < -0.4 is 0 Å². The lowest BCUT2D eigenvalue weighted by atomic mass is 9.83. The first kappa shape index (κ1) is 23.0. The van der Waals surface area contributed by atoms with Gasteiger partial charge in [-0.1, -0.05) is 170 Å². The largest absolute Gasteiger partial charge is 0.456 e. The minimum atomic E-state index is -0.403. The van der Waals surface area contributed by atoms with E-state index in [0.29, 0.717) is 5.56 Å². The van der Waals surface area contributed by atoms with E-state index in [1.807, 2.05) is 54.6 Å². The Labute approximate surface area is 291 Å². The average Bonchev–Trinajstić information content (AvgIpc) is 3.60.